The van der Waals surface area contributed by atoms with Gasteiger partial charge in [0.2, 0.25) is 5.91 Å². The van der Waals surface area contributed by atoms with Crippen molar-refractivity contribution in [1.29, 1.82) is 0 Å². The van der Waals surface area contributed by atoms with Crippen molar-refractivity contribution in [2.75, 3.05) is 20.6 Å². The third-order valence-corrected chi connectivity index (χ3v) is 3.95. The van der Waals surface area contributed by atoms with Gasteiger partial charge in [0.25, 0.3) is 0 Å². The van der Waals surface area contributed by atoms with E-state index in [1.807, 2.05) is 0 Å². The molecule has 3 amide bonds. The summed E-state index contributed by atoms with van der Waals surface area (Å²) in [6, 6.07) is 1.71. The zero-order chi connectivity index (χ0) is 15.7. The Morgan fingerprint density at radius 3 is 2.62 bits per heavy atom. The fourth-order valence-electron chi connectivity index (χ4n) is 2.16. The van der Waals surface area contributed by atoms with Gasteiger partial charge < -0.3 is 15.1 Å². The molecule has 0 aliphatic carbocycles. The molecule has 1 fully saturated rings. The van der Waals surface area contributed by atoms with Gasteiger partial charge in [-0.15, -0.1) is 0 Å². The number of nitrogens with zero attached hydrogens (tertiary/aromatic N) is 2. The van der Waals surface area contributed by atoms with Crippen molar-refractivity contribution in [2.45, 2.75) is 12.6 Å². The van der Waals surface area contributed by atoms with Crippen molar-refractivity contribution in [2.24, 2.45) is 0 Å². The van der Waals surface area contributed by atoms with Gasteiger partial charge in [0.15, 0.2) is 0 Å². The van der Waals surface area contributed by atoms with Gasteiger partial charge in [-0.2, -0.15) is 0 Å². The van der Waals surface area contributed by atoms with Crippen LogP contribution in [0.3, 0.4) is 0 Å². The van der Waals surface area contributed by atoms with Crippen LogP contribution in [0.4, 0.5) is 9.18 Å². The molecule has 1 aromatic carbocycles. The lowest BCUT2D eigenvalue weighted by Gasteiger charge is -2.17. The second-order valence-electron chi connectivity index (χ2n) is 4.86. The lowest BCUT2D eigenvalue weighted by molar-refractivity contribution is -0.124. The number of halogens is 3. The molecule has 1 saturated heterocycles. The monoisotopic (exact) mass is 333 g/mol. The first-order valence-electron chi connectivity index (χ1n) is 6.20. The van der Waals surface area contributed by atoms with E-state index in [4.69, 9.17) is 23.2 Å². The highest BCUT2D eigenvalue weighted by Crippen LogP contribution is 2.24. The molecule has 5 nitrogen and oxygen atoms in total. The smallest absolute Gasteiger partial charge is 0.320 e. The Balaban J connectivity index is 2.04. The average molecular weight is 334 g/mol. The Hall–Kier alpha value is -1.53. The first kappa shape index (κ1) is 15.9. The molecular weight excluding hydrogens is 320 g/mol. The number of likely N-dealkylation sites (N-methyl/N-ethyl adjacent to an activating group) is 2. The summed E-state index contributed by atoms with van der Waals surface area (Å²) in [5.41, 5.74) is 0.162. The molecule has 0 aromatic heterocycles. The number of amides is 3. The predicted molar refractivity (Wildman–Crippen MR) is 77.8 cm³/mol. The van der Waals surface area contributed by atoms with Crippen molar-refractivity contribution in [3.05, 3.63) is 33.6 Å². The third kappa shape index (κ3) is 3.22. The summed E-state index contributed by atoms with van der Waals surface area (Å²) >= 11 is 11.6. The van der Waals surface area contributed by atoms with E-state index >= 15 is 0 Å². The number of hydrogen-bond acceptors (Lipinski definition) is 2. The second-order valence-corrected chi connectivity index (χ2v) is 5.70. The molecule has 1 aliphatic rings. The number of carbonyl (C=O) groups excluding carboxylic acids is 2. The van der Waals surface area contributed by atoms with Crippen LogP contribution in [0.1, 0.15) is 5.56 Å². The molecule has 1 N–H and O–H groups in total. The minimum atomic E-state index is -0.600. The van der Waals surface area contributed by atoms with E-state index in [1.165, 1.54) is 15.9 Å². The lowest BCUT2D eigenvalue weighted by Crippen LogP contribution is -2.43. The molecule has 1 aromatic rings. The van der Waals surface area contributed by atoms with Crippen LogP contribution in [0.5, 0.6) is 0 Å². The molecule has 0 radical (unpaired) electrons. The Bertz CT molecular complexity index is 574. The average Bonchev–Trinajstić information content (AvgIpc) is 2.65. The summed E-state index contributed by atoms with van der Waals surface area (Å²) < 4.78 is 13.7. The molecule has 1 aliphatic heterocycles. The summed E-state index contributed by atoms with van der Waals surface area (Å²) in [6.45, 7) is 0.223. The van der Waals surface area contributed by atoms with E-state index < -0.39 is 11.9 Å². The highest BCUT2D eigenvalue weighted by Gasteiger charge is 2.36. The van der Waals surface area contributed by atoms with Gasteiger partial charge in [0, 0.05) is 36.2 Å². The summed E-state index contributed by atoms with van der Waals surface area (Å²) in [5.74, 6) is -0.943. The fourth-order valence-corrected chi connectivity index (χ4v) is 2.69. The topological polar surface area (TPSA) is 52.7 Å². The minimum Gasteiger partial charge on any atom is -0.350 e. The van der Waals surface area contributed by atoms with E-state index in [-0.39, 0.29) is 40.6 Å². The first-order valence-corrected chi connectivity index (χ1v) is 6.96. The number of carbonyl (C=O) groups is 2. The summed E-state index contributed by atoms with van der Waals surface area (Å²) in [5, 5.41) is 2.92. The van der Waals surface area contributed by atoms with Gasteiger partial charge in [-0.25, -0.2) is 9.18 Å². The van der Waals surface area contributed by atoms with Crippen molar-refractivity contribution < 1.29 is 14.0 Å². The standard InChI is InChI=1S/C13H14Cl2FN3O2/c1-18-6-11(19(2)13(18)21)12(20)17-5-8-9(15)3-7(14)4-10(8)16/h3-4,11H,5-6H2,1-2H3,(H,17,20)/t11-/m0/s1. The van der Waals surface area contributed by atoms with Gasteiger partial charge in [0.1, 0.15) is 11.9 Å². The molecule has 2 rings (SSSR count). The predicted octanol–water partition coefficient (Wildman–Crippen LogP) is 2.11. The van der Waals surface area contributed by atoms with Crippen LogP contribution in [-0.2, 0) is 11.3 Å². The minimum absolute atomic E-state index is 0.0666. The molecule has 0 unspecified atom stereocenters. The van der Waals surface area contributed by atoms with Crippen LogP contribution in [-0.4, -0.2) is 48.4 Å². The van der Waals surface area contributed by atoms with E-state index in [1.54, 1.807) is 14.1 Å². The van der Waals surface area contributed by atoms with E-state index in [2.05, 4.69) is 5.32 Å². The normalized spacial score (nSPS) is 18.3. The maximum Gasteiger partial charge on any atom is 0.320 e. The third-order valence-electron chi connectivity index (χ3n) is 3.39. The van der Waals surface area contributed by atoms with Crippen molar-refractivity contribution in [3.63, 3.8) is 0 Å². The van der Waals surface area contributed by atoms with Gasteiger partial charge in [-0.05, 0) is 12.1 Å². The first-order chi connectivity index (χ1) is 9.81. The quantitative estimate of drug-likeness (QED) is 0.921. The zero-order valence-corrected chi connectivity index (χ0v) is 13.0. The van der Waals surface area contributed by atoms with Gasteiger partial charge in [0.05, 0.1) is 6.54 Å². The van der Waals surface area contributed by atoms with Crippen molar-refractivity contribution >= 4 is 35.1 Å². The molecular formula is C13H14Cl2FN3O2. The highest BCUT2D eigenvalue weighted by molar-refractivity contribution is 6.35. The Morgan fingerprint density at radius 2 is 2.10 bits per heavy atom. The Kier molecular flexibility index (Phi) is 4.58. The van der Waals surface area contributed by atoms with Crippen LogP contribution in [0.25, 0.3) is 0 Å². The van der Waals surface area contributed by atoms with Crippen LogP contribution in [0, 0.1) is 5.82 Å². The van der Waals surface area contributed by atoms with E-state index in [0.717, 1.165) is 6.07 Å². The van der Waals surface area contributed by atoms with E-state index in [9.17, 15) is 14.0 Å². The Labute approximate surface area is 131 Å². The number of nitrogens with one attached hydrogen (secondary N) is 1. The maximum atomic E-state index is 13.7. The van der Waals surface area contributed by atoms with Crippen LogP contribution in [0.15, 0.2) is 12.1 Å². The maximum absolute atomic E-state index is 13.7. The van der Waals surface area contributed by atoms with Gasteiger partial charge in [-0.1, -0.05) is 23.2 Å². The molecule has 1 heterocycles. The summed E-state index contributed by atoms with van der Waals surface area (Å²) in [4.78, 5) is 26.5. The highest BCUT2D eigenvalue weighted by atomic mass is 35.5. The molecule has 0 spiro atoms. The Morgan fingerprint density at radius 1 is 1.43 bits per heavy atom. The molecule has 0 saturated carbocycles. The van der Waals surface area contributed by atoms with Crippen LogP contribution >= 0.6 is 23.2 Å². The van der Waals surface area contributed by atoms with Gasteiger partial charge >= 0.3 is 6.03 Å². The summed E-state index contributed by atoms with van der Waals surface area (Å²) in [7, 11) is 3.16. The van der Waals surface area contributed by atoms with Crippen molar-refractivity contribution in [1.82, 2.24) is 15.1 Å². The van der Waals surface area contributed by atoms with Gasteiger partial charge in [-0.3, -0.25) is 4.79 Å². The second kappa shape index (κ2) is 6.07. The number of urea groups is 1. The lowest BCUT2D eigenvalue weighted by atomic mass is 10.2. The largest absolute Gasteiger partial charge is 0.350 e. The fraction of sp³-hybridized carbons (Fsp3) is 0.385. The number of benzene rings is 1. The number of hydrogen-bond donors (Lipinski definition) is 1. The van der Waals surface area contributed by atoms with Crippen LogP contribution in [0.2, 0.25) is 10.0 Å². The van der Waals surface area contributed by atoms with Crippen molar-refractivity contribution in [3.8, 4) is 0 Å². The molecule has 21 heavy (non-hydrogen) atoms. The zero-order valence-electron chi connectivity index (χ0n) is 11.5. The SMILES string of the molecule is CN1C[C@@H](C(=O)NCc2c(F)cc(Cl)cc2Cl)N(C)C1=O. The summed E-state index contributed by atoms with van der Waals surface area (Å²) in [6.07, 6.45) is 0. The molecule has 8 heteroatoms. The molecule has 0 bridgehead atoms. The molecule has 1 atom stereocenters. The van der Waals surface area contributed by atoms with E-state index in [0.29, 0.717) is 0 Å². The van der Waals surface area contributed by atoms with Crippen LogP contribution < -0.4 is 5.32 Å². The molecule has 114 valence electrons. The number of rotatable bonds is 3.